The maximum atomic E-state index is 9.69. The Hall–Kier alpha value is -4.74. The number of hydrogen-bond donors (Lipinski definition) is 3. The summed E-state index contributed by atoms with van der Waals surface area (Å²) in [6.45, 7) is 12.9. The molecule has 354 valence electrons. The summed E-state index contributed by atoms with van der Waals surface area (Å²) in [6, 6.07) is 36.6. The predicted molar refractivity (Wildman–Crippen MR) is 271 cm³/mol. The molecule has 9 heteroatoms. The third-order valence-electron chi connectivity index (χ3n) is 13.3. The Kier molecular flexibility index (Phi) is 20.2. The number of rotatable bonds is 18. The number of aliphatic hydroxyl groups excluding tert-OH is 3. The zero-order valence-electron chi connectivity index (χ0n) is 39.4. The van der Waals surface area contributed by atoms with Crippen LogP contribution in [0.15, 0.2) is 109 Å². The van der Waals surface area contributed by atoms with Crippen molar-refractivity contribution >= 4 is 32.3 Å². The van der Waals surface area contributed by atoms with Crippen molar-refractivity contribution in [2.75, 3.05) is 78.7 Å². The number of aliphatic hydroxyl groups is 3. The van der Waals surface area contributed by atoms with Crippen LogP contribution in [0.4, 0.5) is 0 Å². The van der Waals surface area contributed by atoms with Crippen molar-refractivity contribution < 1.29 is 29.5 Å². The SMILES string of the molecule is OCc1c(OCCCN2CCCCC2)ccc2ccccc12.OCc1cc2ccccc2cc1OCCCN1CCCCC1.OCc1ccc2ccccc2c1OCCCN1CCCCC1. The Balaban J connectivity index is 0.000000147. The molecule has 0 bridgehead atoms. The van der Waals surface area contributed by atoms with E-state index in [1.54, 1.807) is 0 Å². The molecular weight excluding hydrogens is 823 g/mol. The number of piperidine rings is 3. The second kappa shape index (κ2) is 27.2. The third-order valence-corrected chi connectivity index (χ3v) is 13.3. The Morgan fingerprint density at radius 1 is 0.379 bits per heavy atom. The number of ether oxygens (including phenoxy) is 3. The van der Waals surface area contributed by atoms with Crippen molar-refractivity contribution in [1.29, 1.82) is 0 Å². The highest BCUT2D eigenvalue weighted by molar-refractivity contribution is 5.90. The van der Waals surface area contributed by atoms with E-state index in [-0.39, 0.29) is 19.8 Å². The first kappa shape index (κ1) is 49.2. The van der Waals surface area contributed by atoms with Crippen molar-refractivity contribution in [1.82, 2.24) is 14.7 Å². The lowest BCUT2D eigenvalue weighted by molar-refractivity contribution is 0.202. The van der Waals surface area contributed by atoms with Crippen LogP contribution in [-0.2, 0) is 19.8 Å². The van der Waals surface area contributed by atoms with Gasteiger partial charge in [0, 0.05) is 41.7 Å². The van der Waals surface area contributed by atoms with Crippen molar-refractivity contribution in [2.45, 2.75) is 96.9 Å². The van der Waals surface area contributed by atoms with Crippen molar-refractivity contribution in [3.63, 3.8) is 0 Å². The average molecular weight is 898 g/mol. The summed E-state index contributed by atoms with van der Waals surface area (Å²) < 4.78 is 17.9. The van der Waals surface area contributed by atoms with Crippen LogP contribution in [0, 0.1) is 0 Å². The highest BCUT2D eigenvalue weighted by Crippen LogP contribution is 2.31. The summed E-state index contributed by atoms with van der Waals surface area (Å²) in [6.07, 6.45) is 15.2. The van der Waals surface area contributed by atoms with Crippen LogP contribution < -0.4 is 14.2 Å². The number of likely N-dealkylation sites (tertiary alicyclic amines) is 3. The van der Waals surface area contributed by atoms with E-state index in [0.29, 0.717) is 19.8 Å². The first-order chi connectivity index (χ1) is 32.6. The van der Waals surface area contributed by atoms with Gasteiger partial charge >= 0.3 is 0 Å². The maximum absolute atomic E-state index is 9.69. The van der Waals surface area contributed by atoms with E-state index in [0.717, 1.165) is 105 Å². The molecule has 3 aliphatic rings. The van der Waals surface area contributed by atoms with Gasteiger partial charge in [0.05, 0.1) is 39.6 Å². The molecule has 0 unspecified atom stereocenters. The topological polar surface area (TPSA) is 98.1 Å². The van der Waals surface area contributed by atoms with Gasteiger partial charge in [0.2, 0.25) is 0 Å². The lowest BCUT2D eigenvalue weighted by Gasteiger charge is -2.26. The van der Waals surface area contributed by atoms with Crippen molar-refractivity contribution in [3.05, 3.63) is 126 Å². The minimum atomic E-state index is 0.0167. The Morgan fingerprint density at radius 2 is 0.818 bits per heavy atom. The molecule has 9 rings (SSSR count). The molecule has 3 saturated heterocycles. The van der Waals surface area contributed by atoms with E-state index >= 15 is 0 Å². The first-order valence-corrected chi connectivity index (χ1v) is 25.0. The second-order valence-corrected chi connectivity index (χ2v) is 18.1. The lowest BCUT2D eigenvalue weighted by atomic mass is 10.0. The largest absolute Gasteiger partial charge is 0.493 e. The number of benzene rings is 6. The highest BCUT2D eigenvalue weighted by Gasteiger charge is 2.14. The maximum Gasteiger partial charge on any atom is 0.132 e. The molecule has 3 heterocycles. The summed E-state index contributed by atoms with van der Waals surface area (Å²) in [5, 5.41) is 35.6. The molecule has 0 aromatic heterocycles. The number of hydrogen-bond acceptors (Lipinski definition) is 9. The third kappa shape index (κ3) is 14.6. The molecule has 3 fully saturated rings. The minimum Gasteiger partial charge on any atom is -0.493 e. The molecule has 0 spiro atoms. The van der Waals surface area contributed by atoms with Gasteiger partial charge < -0.3 is 44.2 Å². The summed E-state index contributed by atoms with van der Waals surface area (Å²) >= 11 is 0. The van der Waals surface area contributed by atoms with Gasteiger partial charge in [-0.1, -0.05) is 110 Å². The zero-order valence-corrected chi connectivity index (χ0v) is 39.4. The van der Waals surface area contributed by atoms with Crippen molar-refractivity contribution in [2.24, 2.45) is 0 Å². The number of fused-ring (bicyclic) bond motifs is 3. The second-order valence-electron chi connectivity index (χ2n) is 18.1. The fourth-order valence-corrected chi connectivity index (χ4v) is 9.67. The number of nitrogens with zero attached hydrogens (tertiary/aromatic N) is 3. The van der Waals surface area contributed by atoms with Gasteiger partial charge in [-0.3, -0.25) is 0 Å². The molecule has 3 N–H and O–H groups in total. The molecule has 0 saturated carbocycles. The first-order valence-electron chi connectivity index (χ1n) is 25.0. The van der Waals surface area contributed by atoms with Gasteiger partial charge in [-0.05, 0) is 142 Å². The Bertz CT molecular complexity index is 2300. The monoisotopic (exact) mass is 898 g/mol. The van der Waals surface area contributed by atoms with E-state index in [9.17, 15) is 15.3 Å². The van der Waals surface area contributed by atoms with Crippen LogP contribution in [-0.4, -0.2) is 109 Å². The van der Waals surface area contributed by atoms with Gasteiger partial charge in [0.15, 0.2) is 0 Å². The van der Waals surface area contributed by atoms with Gasteiger partial charge in [0.1, 0.15) is 17.2 Å². The van der Waals surface area contributed by atoms with E-state index in [2.05, 4.69) is 51.1 Å². The van der Waals surface area contributed by atoms with E-state index < -0.39 is 0 Å². The summed E-state index contributed by atoms with van der Waals surface area (Å²) in [5.41, 5.74) is 2.64. The molecule has 6 aromatic carbocycles. The van der Waals surface area contributed by atoms with Crippen LogP contribution in [0.25, 0.3) is 32.3 Å². The van der Waals surface area contributed by atoms with Gasteiger partial charge in [-0.15, -0.1) is 0 Å². The molecule has 9 nitrogen and oxygen atoms in total. The lowest BCUT2D eigenvalue weighted by Crippen LogP contribution is -2.31. The van der Waals surface area contributed by atoms with Crippen LogP contribution in [0.2, 0.25) is 0 Å². The Morgan fingerprint density at radius 3 is 1.35 bits per heavy atom. The molecule has 6 aromatic rings. The van der Waals surface area contributed by atoms with E-state index in [1.165, 1.54) is 97.1 Å². The summed E-state index contributed by atoms with van der Waals surface area (Å²) in [4.78, 5) is 7.59. The Labute approximate surface area is 393 Å². The molecule has 0 amide bonds. The minimum absolute atomic E-state index is 0.0167. The fourth-order valence-electron chi connectivity index (χ4n) is 9.67. The fraction of sp³-hybridized carbons (Fsp3) is 0.474. The average Bonchev–Trinajstić information content (AvgIpc) is 3.38. The van der Waals surface area contributed by atoms with E-state index in [1.807, 2.05) is 72.8 Å². The van der Waals surface area contributed by atoms with Gasteiger partial charge in [-0.25, -0.2) is 0 Å². The van der Waals surface area contributed by atoms with Gasteiger partial charge in [-0.2, -0.15) is 0 Å². The molecule has 0 atom stereocenters. The van der Waals surface area contributed by atoms with E-state index in [4.69, 9.17) is 14.2 Å². The highest BCUT2D eigenvalue weighted by atomic mass is 16.5. The quantitative estimate of drug-likeness (QED) is 0.0729. The predicted octanol–water partition coefficient (Wildman–Crippen LogP) is 10.8. The standard InChI is InChI=1S/3C19H25NO2/c21-15-17-10-9-16-7-2-3-8-18(16)19(17)22-14-6-13-20-11-4-1-5-12-20;21-15-18-17-8-3-2-7-16(17)9-10-19(18)22-14-6-13-20-11-4-1-5-12-20;21-15-18-13-16-7-2-3-8-17(16)14-19(18)22-12-6-11-20-9-4-1-5-10-20/h2*2-3,7-10,21H,1,4-6,11-15H2;2-3,7-8,13-14,21H,1,4-6,9-12,15H2. The zero-order chi connectivity index (χ0) is 45.6. The van der Waals surface area contributed by atoms with Crippen LogP contribution in [0.3, 0.4) is 0 Å². The normalized spacial score (nSPS) is 16.0. The van der Waals surface area contributed by atoms with Crippen LogP contribution in [0.5, 0.6) is 17.2 Å². The molecule has 3 aliphatic heterocycles. The summed E-state index contributed by atoms with van der Waals surface area (Å²) in [5.74, 6) is 2.49. The van der Waals surface area contributed by atoms with Gasteiger partial charge in [0.25, 0.3) is 0 Å². The molecular formula is C57H75N3O6. The van der Waals surface area contributed by atoms with Crippen LogP contribution >= 0.6 is 0 Å². The molecule has 0 aliphatic carbocycles. The summed E-state index contributed by atoms with van der Waals surface area (Å²) in [7, 11) is 0. The van der Waals surface area contributed by atoms with Crippen LogP contribution in [0.1, 0.15) is 93.7 Å². The molecule has 0 radical (unpaired) electrons. The van der Waals surface area contributed by atoms with Crippen molar-refractivity contribution in [3.8, 4) is 17.2 Å². The smallest absolute Gasteiger partial charge is 0.132 e. The molecule has 66 heavy (non-hydrogen) atoms.